The Morgan fingerprint density at radius 1 is 0.826 bits per heavy atom. The molecule has 0 saturated carbocycles. The zero-order chi connectivity index (χ0) is 33.0. The highest BCUT2D eigenvalue weighted by Gasteiger charge is 2.29. The van der Waals surface area contributed by atoms with Gasteiger partial charge in [-0.2, -0.15) is 9.78 Å². The minimum Gasteiger partial charge on any atom is -0.443 e. The first-order chi connectivity index (χ1) is 21.7. The van der Waals surface area contributed by atoms with Crippen LogP contribution in [0.25, 0.3) is 55.0 Å². The topological polar surface area (TPSA) is 117 Å². The van der Waals surface area contributed by atoms with Crippen LogP contribution in [0.2, 0.25) is 0 Å². The van der Waals surface area contributed by atoms with Crippen LogP contribution in [0.1, 0.15) is 41.5 Å². The number of nitrogens with zero attached hydrogens (tertiary/aromatic N) is 7. The average molecular weight is 638 g/mol. The van der Waals surface area contributed by atoms with Gasteiger partial charge in [0.25, 0.3) is 0 Å². The van der Waals surface area contributed by atoms with Gasteiger partial charge in [-0.25, -0.2) is 14.2 Å². The van der Waals surface area contributed by atoms with E-state index < -0.39 is 23.4 Å². The molecule has 6 rings (SSSR count). The second-order valence-electron chi connectivity index (χ2n) is 13.1. The molecule has 0 spiro atoms. The standard InChI is InChI=1S/C34H35N7O4S/c1-33(2,3)44-31(42)40-25-11-12-36-30(28-10-9-13-46-28)23(25)16-26(40)29-22-15-24(20-14-21(39(7)8)18-35-17-20)37-19-27(22)41(38-29)32(43)45-34(4,5)6/h9-19H,1-8H3. The van der Waals surface area contributed by atoms with Crippen LogP contribution in [-0.4, -0.2) is 66.8 Å². The fraction of sp³-hybridized carbons (Fsp3) is 0.294. The smallest absolute Gasteiger partial charge is 0.435 e. The van der Waals surface area contributed by atoms with Gasteiger partial charge in [-0.15, -0.1) is 11.3 Å². The largest absolute Gasteiger partial charge is 0.443 e. The van der Waals surface area contributed by atoms with Gasteiger partial charge in [-0.1, -0.05) is 6.07 Å². The third-order valence-corrected chi connectivity index (χ3v) is 7.85. The molecule has 236 valence electrons. The minimum absolute atomic E-state index is 0.375. The molecule has 6 aromatic rings. The maximum absolute atomic E-state index is 14.0. The van der Waals surface area contributed by atoms with Crippen molar-refractivity contribution in [1.29, 1.82) is 0 Å². The number of fused-ring (bicyclic) bond motifs is 2. The Labute approximate surface area is 270 Å². The number of pyridine rings is 3. The number of rotatable bonds is 4. The molecule has 11 nitrogen and oxygen atoms in total. The lowest BCUT2D eigenvalue weighted by Crippen LogP contribution is -2.28. The minimum atomic E-state index is -0.770. The van der Waals surface area contributed by atoms with E-state index >= 15 is 0 Å². The molecule has 0 atom stereocenters. The van der Waals surface area contributed by atoms with E-state index in [-0.39, 0.29) is 0 Å². The lowest BCUT2D eigenvalue weighted by Gasteiger charge is -2.20. The van der Waals surface area contributed by atoms with E-state index in [9.17, 15) is 9.59 Å². The van der Waals surface area contributed by atoms with Gasteiger partial charge in [0.2, 0.25) is 0 Å². The van der Waals surface area contributed by atoms with E-state index in [1.165, 1.54) is 9.25 Å². The van der Waals surface area contributed by atoms with Crippen molar-refractivity contribution in [2.75, 3.05) is 19.0 Å². The highest BCUT2D eigenvalue weighted by Crippen LogP contribution is 2.38. The molecule has 46 heavy (non-hydrogen) atoms. The third-order valence-electron chi connectivity index (χ3n) is 6.97. The summed E-state index contributed by atoms with van der Waals surface area (Å²) in [5.41, 5.74) is 3.31. The molecule has 0 saturated heterocycles. The summed E-state index contributed by atoms with van der Waals surface area (Å²) in [6.45, 7) is 10.8. The summed E-state index contributed by atoms with van der Waals surface area (Å²) in [7, 11) is 3.88. The van der Waals surface area contributed by atoms with Gasteiger partial charge in [0, 0.05) is 42.8 Å². The van der Waals surface area contributed by atoms with Crippen LogP contribution in [0.3, 0.4) is 0 Å². The van der Waals surface area contributed by atoms with Gasteiger partial charge in [0.1, 0.15) is 16.9 Å². The number of hydrogen-bond acceptors (Lipinski definition) is 10. The molecule has 0 aromatic carbocycles. The molecule has 0 aliphatic rings. The van der Waals surface area contributed by atoms with Crippen molar-refractivity contribution in [2.45, 2.75) is 52.7 Å². The van der Waals surface area contributed by atoms with Crippen molar-refractivity contribution in [1.82, 2.24) is 29.3 Å². The van der Waals surface area contributed by atoms with Crippen molar-refractivity contribution in [3.63, 3.8) is 0 Å². The van der Waals surface area contributed by atoms with E-state index in [1.54, 1.807) is 63.0 Å². The maximum Gasteiger partial charge on any atom is 0.435 e. The van der Waals surface area contributed by atoms with Gasteiger partial charge in [-0.3, -0.25) is 15.0 Å². The molecule has 6 heterocycles. The van der Waals surface area contributed by atoms with Crippen LogP contribution >= 0.6 is 11.3 Å². The number of thiophene rings is 1. The van der Waals surface area contributed by atoms with E-state index in [0.29, 0.717) is 33.5 Å². The van der Waals surface area contributed by atoms with E-state index in [2.05, 4.69) is 15.0 Å². The van der Waals surface area contributed by atoms with Gasteiger partial charge in [0.05, 0.1) is 51.1 Å². The molecule has 0 radical (unpaired) electrons. The Balaban J connectivity index is 1.65. The first-order valence-corrected chi connectivity index (χ1v) is 15.6. The first kappa shape index (κ1) is 30.9. The average Bonchev–Trinajstić information content (AvgIpc) is 3.72. The molecule has 0 amide bonds. The monoisotopic (exact) mass is 637 g/mol. The van der Waals surface area contributed by atoms with Crippen molar-refractivity contribution in [3.05, 3.63) is 66.6 Å². The molecule has 6 aromatic heterocycles. The summed E-state index contributed by atoms with van der Waals surface area (Å²) in [5, 5.41) is 8.09. The number of anilines is 1. The van der Waals surface area contributed by atoms with Gasteiger partial charge >= 0.3 is 12.2 Å². The maximum atomic E-state index is 14.0. The van der Waals surface area contributed by atoms with Gasteiger partial charge in [-0.05, 0) is 77.3 Å². The molecule has 0 bridgehead atoms. The summed E-state index contributed by atoms with van der Waals surface area (Å²) in [6.07, 6.45) is 5.51. The van der Waals surface area contributed by atoms with E-state index in [1.807, 2.05) is 75.5 Å². The fourth-order valence-corrected chi connectivity index (χ4v) is 5.77. The van der Waals surface area contributed by atoms with Crippen LogP contribution in [0.15, 0.2) is 66.6 Å². The highest BCUT2D eigenvalue weighted by atomic mass is 32.1. The van der Waals surface area contributed by atoms with Crippen LogP contribution in [-0.2, 0) is 9.47 Å². The van der Waals surface area contributed by atoms with Crippen LogP contribution in [0.4, 0.5) is 15.3 Å². The fourth-order valence-electron chi connectivity index (χ4n) is 5.04. The van der Waals surface area contributed by atoms with Crippen molar-refractivity contribution in [3.8, 4) is 33.2 Å². The molecular weight excluding hydrogens is 602 g/mol. The number of carbonyl (C=O) groups is 2. The Kier molecular flexibility index (Phi) is 7.63. The lowest BCUT2D eigenvalue weighted by atomic mass is 10.1. The molecule has 12 heteroatoms. The second kappa shape index (κ2) is 11.4. The summed E-state index contributed by atoms with van der Waals surface area (Å²) in [6, 6.07) is 11.4. The molecule has 0 unspecified atom stereocenters. The Hall–Kier alpha value is -5.10. The first-order valence-electron chi connectivity index (χ1n) is 14.7. The lowest BCUT2D eigenvalue weighted by molar-refractivity contribution is 0.0520. The zero-order valence-corrected chi connectivity index (χ0v) is 27.8. The molecule has 0 aliphatic heterocycles. The highest BCUT2D eigenvalue weighted by molar-refractivity contribution is 7.13. The number of carbonyl (C=O) groups excluding carboxylic acids is 2. The van der Waals surface area contributed by atoms with Gasteiger partial charge in [0.15, 0.2) is 0 Å². The second-order valence-corrected chi connectivity index (χ2v) is 14.0. The Morgan fingerprint density at radius 3 is 2.22 bits per heavy atom. The van der Waals surface area contributed by atoms with Crippen molar-refractivity contribution in [2.24, 2.45) is 0 Å². The summed E-state index contributed by atoms with van der Waals surface area (Å²) >= 11 is 1.55. The van der Waals surface area contributed by atoms with Crippen molar-refractivity contribution < 1.29 is 19.1 Å². The SMILES string of the molecule is CN(C)c1cncc(-c2cc3c(-c4cc5c(-c6cccs6)nccc5n4C(=O)OC(C)(C)C)nn(C(=O)OC(C)(C)C)c3cn2)c1. The summed E-state index contributed by atoms with van der Waals surface area (Å²) < 4.78 is 14.3. The predicted octanol–water partition coefficient (Wildman–Crippen LogP) is 7.87. The summed E-state index contributed by atoms with van der Waals surface area (Å²) in [5.74, 6) is 0. The number of hydrogen-bond donors (Lipinski definition) is 0. The predicted molar refractivity (Wildman–Crippen MR) is 180 cm³/mol. The molecule has 0 N–H and O–H groups in total. The molecular formula is C34H35N7O4S. The van der Waals surface area contributed by atoms with E-state index in [4.69, 9.17) is 14.6 Å². The zero-order valence-electron chi connectivity index (χ0n) is 27.0. The number of aromatic nitrogens is 6. The normalized spacial score (nSPS) is 12.1. The quantitative estimate of drug-likeness (QED) is 0.190. The Morgan fingerprint density at radius 2 is 1.54 bits per heavy atom. The van der Waals surface area contributed by atoms with Gasteiger partial charge < -0.3 is 14.4 Å². The van der Waals surface area contributed by atoms with E-state index in [0.717, 1.165) is 27.2 Å². The molecule has 0 fully saturated rings. The third kappa shape index (κ3) is 5.95. The Bertz CT molecular complexity index is 2100. The number of ether oxygens (including phenoxy) is 2. The van der Waals surface area contributed by atoms with Crippen LogP contribution < -0.4 is 4.90 Å². The van der Waals surface area contributed by atoms with Crippen LogP contribution in [0.5, 0.6) is 0 Å². The van der Waals surface area contributed by atoms with Crippen LogP contribution in [0, 0.1) is 0 Å². The van der Waals surface area contributed by atoms with Crippen molar-refractivity contribution >= 4 is 51.0 Å². The summed E-state index contributed by atoms with van der Waals surface area (Å²) in [4.78, 5) is 44.1. The molecule has 0 aliphatic carbocycles.